The quantitative estimate of drug-likeness (QED) is 0.605. The fourth-order valence-corrected chi connectivity index (χ4v) is 1.59. The topological polar surface area (TPSA) is 69.2 Å². The molecule has 15 heavy (non-hydrogen) atoms. The van der Waals surface area contributed by atoms with Crippen LogP contribution in [0.1, 0.15) is 24.8 Å². The van der Waals surface area contributed by atoms with Crippen LogP contribution < -0.4 is 5.73 Å². The molecule has 1 aromatic rings. The third-order valence-electron chi connectivity index (χ3n) is 2.95. The lowest BCUT2D eigenvalue weighted by atomic mass is 10.0. The maximum atomic E-state index is 10.4. The highest BCUT2D eigenvalue weighted by Crippen LogP contribution is 2.36. The summed E-state index contributed by atoms with van der Waals surface area (Å²) in [6, 6.07) is 6.71. The predicted octanol–water partition coefficient (Wildman–Crippen LogP) is 2.02. The van der Waals surface area contributed by atoms with Gasteiger partial charge in [-0.15, -0.1) is 0 Å². The van der Waals surface area contributed by atoms with Gasteiger partial charge in [0.2, 0.25) is 0 Å². The van der Waals surface area contributed by atoms with Crippen molar-refractivity contribution in [2.45, 2.75) is 31.2 Å². The molecule has 80 valence electrons. The zero-order valence-corrected chi connectivity index (χ0v) is 8.48. The molecule has 1 saturated carbocycles. The lowest BCUT2D eigenvalue weighted by molar-refractivity contribution is -0.384. The molecule has 4 heteroatoms. The first-order valence-corrected chi connectivity index (χ1v) is 5.11. The van der Waals surface area contributed by atoms with Crippen molar-refractivity contribution in [1.29, 1.82) is 0 Å². The molecule has 0 aromatic heterocycles. The molecule has 0 aliphatic heterocycles. The van der Waals surface area contributed by atoms with Crippen LogP contribution in [0.2, 0.25) is 0 Å². The molecule has 0 saturated heterocycles. The van der Waals surface area contributed by atoms with Gasteiger partial charge < -0.3 is 5.73 Å². The summed E-state index contributed by atoms with van der Waals surface area (Å²) in [5.74, 6) is 0. The van der Waals surface area contributed by atoms with Gasteiger partial charge in [-0.05, 0) is 31.2 Å². The van der Waals surface area contributed by atoms with Crippen LogP contribution in [0.4, 0.5) is 5.69 Å². The number of nitro groups is 1. The van der Waals surface area contributed by atoms with Crippen molar-refractivity contribution >= 4 is 5.69 Å². The number of rotatable bonds is 4. The molecule has 0 amide bonds. The van der Waals surface area contributed by atoms with Crippen molar-refractivity contribution < 1.29 is 4.92 Å². The van der Waals surface area contributed by atoms with Gasteiger partial charge in [-0.25, -0.2) is 0 Å². The van der Waals surface area contributed by atoms with Gasteiger partial charge in [0.25, 0.3) is 5.69 Å². The molecule has 1 fully saturated rings. The maximum absolute atomic E-state index is 10.4. The number of nitrogens with two attached hydrogens (primary N) is 1. The molecule has 0 radical (unpaired) electrons. The van der Waals surface area contributed by atoms with Crippen molar-refractivity contribution in [3.63, 3.8) is 0 Å². The van der Waals surface area contributed by atoms with E-state index in [-0.39, 0.29) is 16.1 Å². The summed E-state index contributed by atoms with van der Waals surface area (Å²) in [5.41, 5.74) is 7.29. The SMILES string of the molecule is NC1(CCc2ccc([N+](=O)[O-])cc2)CC1. The lowest BCUT2D eigenvalue weighted by Gasteiger charge is -2.07. The second-order valence-corrected chi connectivity index (χ2v) is 4.29. The van der Waals surface area contributed by atoms with E-state index in [1.54, 1.807) is 12.1 Å². The molecule has 1 aliphatic rings. The molecular formula is C11H14N2O2. The third-order valence-corrected chi connectivity index (χ3v) is 2.95. The van der Waals surface area contributed by atoms with Crippen molar-refractivity contribution in [2.24, 2.45) is 5.73 Å². The molecule has 1 aliphatic carbocycles. The summed E-state index contributed by atoms with van der Waals surface area (Å²) in [5, 5.41) is 10.4. The molecule has 2 N–H and O–H groups in total. The van der Waals surface area contributed by atoms with E-state index in [9.17, 15) is 10.1 Å². The first-order chi connectivity index (χ1) is 7.09. The van der Waals surface area contributed by atoms with E-state index in [1.807, 2.05) is 12.1 Å². The minimum absolute atomic E-state index is 0.0573. The van der Waals surface area contributed by atoms with Crippen LogP contribution in [0.15, 0.2) is 24.3 Å². The van der Waals surface area contributed by atoms with E-state index in [1.165, 1.54) is 0 Å². The van der Waals surface area contributed by atoms with E-state index in [0.29, 0.717) is 0 Å². The van der Waals surface area contributed by atoms with Gasteiger partial charge in [0.15, 0.2) is 0 Å². The van der Waals surface area contributed by atoms with Crippen molar-refractivity contribution in [2.75, 3.05) is 0 Å². The predicted molar refractivity (Wildman–Crippen MR) is 57.6 cm³/mol. The Morgan fingerprint density at radius 3 is 2.40 bits per heavy atom. The number of aryl methyl sites for hydroxylation is 1. The average molecular weight is 206 g/mol. The van der Waals surface area contributed by atoms with Crippen LogP contribution >= 0.6 is 0 Å². The summed E-state index contributed by atoms with van der Waals surface area (Å²) in [4.78, 5) is 10.0. The summed E-state index contributed by atoms with van der Waals surface area (Å²) in [6.07, 6.45) is 4.11. The van der Waals surface area contributed by atoms with Gasteiger partial charge in [0.1, 0.15) is 0 Å². The molecule has 0 unspecified atom stereocenters. The fourth-order valence-electron chi connectivity index (χ4n) is 1.59. The number of benzene rings is 1. The number of hydrogen-bond acceptors (Lipinski definition) is 3. The zero-order valence-electron chi connectivity index (χ0n) is 8.48. The second kappa shape index (κ2) is 3.62. The molecule has 2 rings (SSSR count). The van der Waals surface area contributed by atoms with Crippen molar-refractivity contribution in [3.8, 4) is 0 Å². The Labute approximate surface area is 88.2 Å². The Morgan fingerprint density at radius 1 is 1.33 bits per heavy atom. The van der Waals surface area contributed by atoms with E-state index < -0.39 is 0 Å². The highest BCUT2D eigenvalue weighted by Gasteiger charge is 2.37. The summed E-state index contributed by atoms with van der Waals surface area (Å²) < 4.78 is 0. The van der Waals surface area contributed by atoms with Crippen LogP contribution in [0, 0.1) is 10.1 Å². The van der Waals surface area contributed by atoms with Gasteiger partial charge in [0, 0.05) is 17.7 Å². The van der Waals surface area contributed by atoms with Crippen molar-refractivity contribution in [1.82, 2.24) is 0 Å². The molecule has 0 heterocycles. The van der Waals surface area contributed by atoms with Crippen LogP contribution in [-0.4, -0.2) is 10.5 Å². The Bertz CT molecular complexity index is 369. The van der Waals surface area contributed by atoms with Gasteiger partial charge in [-0.1, -0.05) is 12.1 Å². The van der Waals surface area contributed by atoms with Gasteiger partial charge in [0.05, 0.1) is 4.92 Å². The molecule has 1 aromatic carbocycles. The second-order valence-electron chi connectivity index (χ2n) is 4.29. The maximum Gasteiger partial charge on any atom is 0.269 e. The Kier molecular flexibility index (Phi) is 2.44. The molecule has 4 nitrogen and oxygen atoms in total. The van der Waals surface area contributed by atoms with Crippen LogP contribution in [0.3, 0.4) is 0 Å². The van der Waals surface area contributed by atoms with E-state index >= 15 is 0 Å². The number of hydrogen-bond donors (Lipinski definition) is 1. The average Bonchev–Trinajstić information content (AvgIpc) is 2.95. The first-order valence-electron chi connectivity index (χ1n) is 5.11. The van der Waals surface area contributed by atoms with Crippen molar-refractivity contribution in [3.05, 3.63) is 39.9 Å². The Hall–Kier alpha value is -1.42. The Morgan fingerprint density at radius 2 is 1.93 bits per heavy atom. The van der Waals surface area contributed by atoms with E-state index in [4.69, 9.17) is 5.73 Å². The largest absolute Gasteiger partial charge is 0.325 e. The normalized spacial score (nSPS) is 17.4. The van der Waals surface area contributed by atoms with Crippen LogP contribution in [0.5, 0.6) is 0 Å². The summed E-state index contributed by atoms with van der Waals surface area (Å²) in [6.45, 7) is 0. The lowest BCUT2D eigenvalue weighted by Crippen LogP contribution is -2.22. The highest BCUT2D eigenvalue weighted by molar-refractivity contribution is 5.33. The molecule has 0 bridgehead atoms. The smallest absolute Gasteiger partial charge is 0.269 e. The number of nitro benzene ring substituents is 1. The summed E-state index contributed by atoms with van der Waals surface area (Å²) >= 11 is 0. The standard InChI is InChI=1S/C11H14N2O2/c12-11(7-8-11)6-5-9-1-3-10(4-2-9)13(14)15/h1-4H,5-8,12H2. The van der Waals surface area contributed by atoms with Crippen LogP contribution in [0.25, 0.3) is 0 Å². The van der Waals surface area contributed by atoms with E-state index in [0.717, 1.165) is 31.2 Å². The summed E-state index contributed by atoms with van der Waals surface area (Å²) in [7, 11) is 0. The minimum atomic E-state index is -0.380. The molecule has 0 spiro atoms. The third kappa shape index (κ3) is 2.53. The minimum Gasteiger partial charge on any atom is -0.325 e. The van der Waals surface area contributed by atoms with Crippen LogP contribution in [-0.2, 0) is 6.42 Å². The monoisotopic (exact) mass is 206 g/mol. The fraction of sp³-hybridized carbons (Fsp3) is 0.455. The molecular weight excluding hydrogens is 192 g/mol. The first kappa shape index (κ1) is 10.1. The van der Waals surface area contributed by atoms with Gasteiger partial charge >= 0.3 is 0 Å². The highest BCUT2D eigenvalue weighted by atomic mass is 16.6. The van der Waals surface area contributed by atoms with E-state index in [2.05, 4.69) is 0 Å². The number of nitrogens with zero attached hydrogens (tertiary/aromatic N) is 1. The zero-order chi connectivity index (χ0) is 10.9. The Balaban J connectivity index is 1.95. The van der Waals surface area contributed by atoms with Gasteiger partial charge in [-0.2, -0.15) is 0 Å². The number of non-ortho nitro benzene ring substituents is 1. The molecule has 0 atom stereocenters. The van der Waals surface area contributed by atoms with Gasteiger partial charge in [-0.3, -0.25) is 10.1 Å².